The van der Waals surface area contributed by atoms with Crippen LogP contribution in [0.5, 0.6) is 0 Å². The fourth-order valence-electron chi connectivity index (χ4n) is 3.18. The van der Waals surface area contributed by atoms with Crippen LogP contribution in [-0.4, -0.2) is 15.8 Å². The second-order valence-corrected chi connectivity index (χ2v) is 7.32. The maximum absolute atomic E-state index is 13.0. The molecule has 23 heavy (non-hydrogen) atoms. The van der Waals surface area contributed by atoms with Crippen LogP contribution in [0.1, 0.15) is 11.1 Å². The zero-order valence-electron chi connectivity index (χ0n) is 12.8. The van der Waals surface area contributed by atoms with Gasteiger partial charge in [0.25, 0.3) is 0 Å². The Kier molecular flexibility index (Phi) is 3.62. The Bertz CT molecular complexity index is 985. The van der Waals surface area contributed by atoms with E-state index >= 15 is 0 Å². The number of benzene rings is 1. The fourth-order valence-corrected chi connectivity index (χ4v) is 5.14. The third-order valence-electron chi connectivity index (χ3n) is 4.25. The third-order valence-corrected chi connectivity index (χ3v) is 6.20. The average molecular weight is 340 g/mol. The molecule has 2 heterocycles. The Labute approximate surface area is 142 Å². The van der Waals surface area contributed by atoms with Gasteiger partial charge in [-0.2, -0.15) is 0 Å². The molecule has 3 aromatic rings. The van der Waals surface area contributed by atoms with Crippen LogP contribution in [0.2, 0.25) is 0 Å². The van der Waals surface area contributed by atoms with Gasteiger partial charge in [0.15, 0.2) is 5.16 Å². The molecule has 0 amide bonds. The minimum Gasteiger partial charge on any atom is -0.307 e. The van der Waals surface area contributed by atoms with Crippen LogP contribution in [0.15, 0.2) is 46.9 Å². The second-order valence-electron chi connectivity index (χ2n) is 5.55. The van der Waals surface area contributed by atoms with Crippen molar-refractivity contribution in [3.05, 3.63) is 58.3 Å². The SMILES string of the molecule is C=CCn1c(SC)nc2c(=O)c3c(sc21)-c1ccccc1CC3. The maximum Gasteiger partial charge on any atom is 0.211 e. The summed E-state index contributed by atoms with van der Waals surface area (Å²) in [5, 5.41) is 0.879. The van der Waals surface area contributed by atoms with Crippen LogP contribution < -0.4 is 5.43 Å². The lowest BCUT2D eigenvalue weighted by molar-refractivity contribution is 0.754. The molecule has 0 bridgehead atoms. The van der Waals surface area contributed by atoms with Crippen molar-refractivity contribution in [2.45, 2.75) is 24.5 Å². The van der Waals surface area contributed by atoms with Crippen LogP contribution in [0.25, 0.3) is 20.8 Å². The summed E-state index contributed by atoms with van der Waals surface area (Å²) in [5.74, 6) is 0. The lowest BCUT2D eigenvalue weighted by Gasteiger charge is -2.18. The molecule has 0 atom stereocenters. The molecule has 3 nitrogen and oxygen atoms in total. The number of allylic oxidation sites excluding steroid dienone is 1. The van der Waals surface area contributed by atoms with Crippen molar-refractivity contribution in [1.82, 2.24) is 9.55 Å². The van der Waals surface area contributed by atoms with E-state index in [1.54, 1.807) is 23.1 Å². The van der Waals surface area contributed by atoms with Crippen molar-refractivity contribution in [3.8, 4) is 10.4 Å². The molecule has 0 spiro atoms. The highest BCUT2D eigenvalue weighted by atomic mass is 32.2. The Morgan fingerprint density at radius 1 is 1.39 bits per heavy atom. The monoisotopic (exact) mass is 340 g/mol. The number of rotatable bonds is 3. The van der Waals surface area contributed by atoms with E-state index in [0.29, 0.717) is 12.1 Å². The van der Waals surface area contributed by atoms with Crippen LogP contribution in [0.4, 0.5) is 0 Å². The molecule has 5 heteroatoms. The van der Waals surface area contributed by atoms with Gasteiger partial charge in [0.1, 0.15) is 10.3 Å². The fraction of sp³-hybridized carbons (Fsp3) is 0.222. The van der Waals surface area contributed by atoms with Gasteiger partial charge in [-0.3, -0.25) is 4.79 Å². The molecule has 1 aliphatic rings. The molecule has 1 aromatic carbocycles. The first-order chi connectivity index (χ1) is 11.2. The van der Waals surface area contributed by atoms with Gasteiger partial charge in [-0.1, -0.05) is 42.1 Å². The minimum atomic E-state index is 0.0985. The van der Waals surface area contributed by atoms with Gasteiger partial charge in [0.2, 0.25) is 5.43 Å². The van der Waals surface area contributed by atoms with Crippen LogP contribution in [-0.2, 0) is 19.4 Å². The van der Waals surface area contributed by atoms with E-state index in [2.05, 4.69) is 34.3 Å². The summed E-state index contributed by atoms with van der Waals surface area (Å²) in [6.07, 6.45) is 5.58. The number of hydrogen-bond donors (Lipinski definition) is 0. The number of thioether (sulfide) groups is 1. The smallest absolute Gasteiger partial charge is 0.211 e. The first-order valence-electron chi connectivity index (χ1n) is 7.54. The van der Waals surface area contributed by atoms with Gasteiger partial charge < -0.3 is 4.57 Å². The molecule has 2 aromatic heterocycles. The van der Waals surface area contributed by atoms with Gasteiger partial charge >= 0.3 is 0 Å². The third kappa shape index (κ3) is 2.18. The zero-order valence-corrected chi connectivity index (χ0v) is 14.5. The highest BCUT2D eigenvalue weighted by molar-refractivity contribution is 7.98. The van der Waals surface area contributed by atoms with Crippen LogP contribution in [0.3, 0.4) is 0 Å². The average Bonchev–Trinajstić information content (AvgIpc) is 2.94. The van der Waals surface area contributed by atoms with E-state index in [4.69, 9.17) is 0 Å². The number of hydrogen-bond acceptors (Lipinski definition) is 4. The Morgan fingerprint density at radius 3 is 3.00 bits per heavy atom. The summed E-state index contributed by atoms with van der Waals surface area (Å²) in [6, 6.07) is 8.40. The molecule has 1 aliphatic carbocycles. The second kappa shape index (κ2) is 5.65. The number of imidazole rings is 1. The molecule has 0 N–H and O–H groups in total. The van der Waals surface area contributed by atoms with Crippen molar-refractivity contribution in [2.24, 2.45) is 0 Å². The minimum absolute atomic E-state index is 0.0985. The van der Waals surface area contributed by atoms with E-state index < -0.39 is 0 Å². The summed E-state index contributed by atoms with van der Waals surface area (Å²) in [5.41, 5.74) is 4.17. The number of nitrogens with zero attached hydrogens (tertiary/aromatic N) is 2. The summed E-state index contributed by atoms with van der Waals surface area (Å²) in [7, 11) is 0. The predicted octanol–water partition coefficient (Wildman–Crippen LogP) is 4.13. The number of aromatic nitrogens is 2. The molecule has 0 radical (unpaired) electrons. The topological polar surface area (TPSA) is 34.9 Å². The highest BCUT2D eigenvalue weighted by Gasteiger charge is 2.23. The number of fused-ring (bicyclic) bond motifs is 4. The normalized spacial score (nSPS) is 12.9. The van der Waals surface area contributed by atoms with E-state index in [9.17, 15) is 4.79 Å². The lowest BCUT2D eigenvalue weighted by Crippen LogP contribution is -2.15. The molecular weight excluding hydrogens is 324 g/mol. The zero-order chi connectivity index (χ0) is 16.0. The van der Waals surface area contributed by atoms with Gasteiger partial charge in [0.05, 0.1) is 0 Å². The van der Waals surface area contributed by atoms with E-state index in [1.807, 2.05) is 18.4 Å². The van der Waals surface area contributed by atoms with E-state index in [-0.39, 0.29) is 5.43 Å². The Hall–Kier alpha value is -1.85. The molecule has 0 aliphatic heterocycles. The van der Waals surface area contributed by atoms with Crippen LogP contribution in [0, 0.1) is 0 Å². The lowest BCUT2D eigenvalue weighted by atomic mass is 9.91. The molecule has 4 rings (SSSR count). The first kappa shape index (κ1) is 14.7. The van der Waals surface area contributed by atoms with Gasteiger partial charge in [-0.25, -0.2) is 4.98 Å². The Morgan fingerprint density at radius 2 is 2.22 bits per heavy atom. The van der Waals surface area contributed by atoms with Crippen molar-refractivity contribution >= 4 is 33.4 Å². The van der Waals surface area contributed by atoms with Gasteiger partial charge in [-0.05, 0) is 30.2 Å². The van der Waals surface area contributed by atoms with Crippen molar-refractivity contribution in [3.63, 3.8) is 0 Å². The summed E-state index contributed by atoms with van der Waals surface area (Å²) in [4.78, 5) is 19.6. The highest BCUT2D eigenvalue weighted by Crippen LogP contribution is 2.38. The van der Waals surface area contributed by atoms with Crippen molar-refractivity contribution in [1.29, 1.82) is 0 Å². The maximum atomic E-state index is 13.0. The van der Waals surface area contributed by atoms with E-state index in [1.165, 1.54) is 11.1 Å². The predicted molar refractivity (Wildman–Crippen MR) is 98.7 cm³/mol. The molecule has 0 saturated heterocycles. The molecular formula is C18H16N2OS2. The Balaban J connectivity index is 2.09. The summed E-state index contributed by atoms with van der Waals surface area (Å²) in [6.45, 7) is 4.50. The quantitative estimate of drug-likeness (QED) is 0.531. The first-order valence-corrected chi connectivity index (χ1v) is 9.58. The largest absolute Gasteiger partial charge is 0.307 e. The van der Waals surface area contributed by atoms with Crippen molar-refractivity contribution < 1.29 is 0 Å². The van der Waals surface area contributed by atoms with Crippen LogP contribution >= 0.6 is 23.1 Å². The number of aryl methyl sites for hydroxylation is 1. The molecule has 0 unspecified atom stereocenters. The van der Waals surface area contributed by atoms with Gasteiger partial charge in [0, 0.05) is 17.0 Å². The summed E-state index contributed by atoms with van der Waals surface area (Å²) < 4.78 is 2.09. The van der Waals surface area contributed by atoms with Gasteiger partial charge in [-0.15, -0.1) is 17.9 Å². The van der Waals surface area contributed by atoms with Crippen molar-refractivity contribution in [2.75, 3.05) is 6.26 Å². The molecule has 0 saturated carbocycles. The standard InChI is InChI=1S/C18H16N2OS2/c1-3-10-20-17-14(19-18(20)22-2)15(21)13-9-8-11-6-4-5-7-12(11)16(13)23-17/h3-7H,1,8-10H2,2H3. The molecule has 0 fully saturated rings. The molecule has 116 valence electrons. The van der Waals surface area contributed by atoms with E-state index in [0.717, 1.165) is 33.3 Å². The summed E-state index contributed by atoms with van der Waals surface area (Å²) >= 11 is 3.26.